The van der Waals surface area contributed by atoms with Crippen molar-refractivity contribution in [1.29, 1.82) is 0 Å². The van der Waals surface area contributed by atoms with Crippen molar-refractivity contribution in [2.45, 2.75) is 20.8 Å². The minimum atomic E-state index is -0.510. The van der Waals surface area contributed by atoms with Crippen molar-refractivity contribution in [1.82, 2.24) is 9.66 Å². The molecule has 192 valence electrons. The lowest BCUT2D eigenvalue weighted by molar-refractivity contribution is -0.386. The van der Waals surface area contributed by atoms with Crippen molar-refractivity contribution in [2.75, 3.05) is 6.61 Å². The number of nitro benzene ring substituents is 1. The number of hydrogen-bond acceptors (Lipinski definition) is 7. The van der Waals surface area contributed by atoms with Crippen LogP contribution in [0.2, 0.25) is 5.02 Å². The predicted molar refractivity (Wildman–Crippen MR) is 147 cm³/mol. The molecule has 0 aliphatic carbocycles. The van der Waals surface area contributed by atoms with Crippen molar-refractivity contribution >= 4 is 45.4 Å². The number of para-hydroxylation sites is 1. The number of ether oxygens (including phenoxy) is 1. The average molecular weight is 531 g/mol. The van der Waals surface area contributed by atoms with E-state index >= 15 is 0 Å². The van der Waals surface area contributed by atoms with Crippen molar-refractivity contribution in [2.24, 2.45) is 10.5 Å². The van der Waals surface area contributed by atoms with E-state index in [2.05, 4.69) is 10.1 Å². The van der Waals surface area contributed by atoms with E-state index in [-0.39, 0.29) is 22.7 Å². The highest BCUT2D eigenvalue weighted by Crippen LogP contribution is 2.31. The Kier molecular flexibility index (Phi) is 6.46. The molecule has 0 N–H and O–H groups in total. The molecule has 0 unspecified atom stereocenters. The van der Waals surface area contributed by atoms with Gasteiger partial charge in [-0.05, 0) is 53.9 Å². The molecule has 2 heterocycles. The molecule has 0 fully saturated rings. The zero-order chi connectivity index (χ0) is 27.0. The van der Waals surface area contributed by atoms with Gasteiger partial charge in [0.15, 0.2) is 11.5 Å². The summed E-state index contributed by atoms with van der Waals surface area (Å²) in [5.74, 6) is 0.657. The Hall–Kier alpha value is -4.50. The minimum Gasteiger partial charge on any atom is -0.486 e. The Morgan fingerprint density at radius 2 is 1.92 bits per heavy atom. The fourth-order valence-electron chi connectivity index (χ4n) is 3.81. The largest absolute Gasteiger partial charge is 0.486 e. The van der Waals surface area contributed by atoms with Gasteiger partial charge in [-0.3, -0.25) is 14.9 Å². The molecular weight excluding hydrogens is 508 g/mol. The van der Waals surface area contributed by atoms with Gasteiger partial charge in [0.1, 0.15) is 5.58 Å². The summed E-state index contributed by atoms with van der Waals surface area (Å²) in [6, 6.07) is 18.3. The topological polar surface area (TPSA) is 113 Å². The second kappa shape index (κ2) is 9.75. The first-order valence-corrected chi connectivity index (χ1v) is 12.1. The molecule has 38 heavy (non-hydrogen) atoms. The van der Waals surface area contributed by atoms with Crippen LogP contribution in [-0.4, -0.2) is 27.4 Å². The number of aromatic nitrogens is 2. The van der Waals surface area contributed by atoms with Crippen molar-refractivity contribution in [3.05, 3.63) is 97.8 Å². The van der Waals surface area contributed by atoms with Crippen LogP contribution in [0, 0.1) is 15.5 Å². The maximum atomic E-state index is 13.4. The number of nitro groups is 1. The van der Waals surface area contributed by atoms with Gasteiger partial charge in [-0.25, -0.2) is 4.98 Å². The molecule has 3 aromatic carbocycles. The molecule has 0 amide bonds. The van der Waals surface area contributed by atoms with E-state index in [1.165, 1.54) is 18.3 Å². The Bertz CT molecular complexity index is 1780. The highest BCUT2D eigenvalue weighted by atomic mass is 35.5. The van der Waals surface area contributed by atoms with Crippen molar-refractivity contribution in [3.63, 3.8) is 0 Å². The summed E-state index contributed by atoms with van der Waals surface area (Å²) >= 11 is 6.12. The summed E-state index contributed by atoms with van der Waals surface area (Å²) in [7, 11) is 0. The van der Waals surface area contributed by atoms with E-state index < -0.39 is 10.5 Å². The molecule has 0 saturated carbocycles. The van der Waals surface area contributed by atoms with Crippen LogP contribution in [0.4, 0.5) is 5.69 Å². The molecule has 0 bridgehead atoms. The molecule has 0 saturated heterocycles. The third kappa shape index (κ3) is 5.14. The SMILES string of the molecule is CC(C)(C)COc1ccc(C=Nn2c(-c3cc4cc(Cl)ccc4o3)nc3ccccc3c2=O)cc1[N+](=O)[O-]. The quantitative estimate of drug-likeness (QED) is 0.137. The highest BCUT2D eigenvalue weighted by molar-refractivity contribution is 6.31. The van der Waals surface area contributed by atoms with Gasteiger partial charge in [0.05, 0.1) is 28.6 Å². The van der Waals surface area contributed by atoms with Gasteiger partial charge in [-0.2, -0.15) is 9.78 Å². The second-order valence-corrected chi connectivity index (χ2v) is 10.4. The molecular formula is C28H23ClN4O5. The van der Waals surface area contributed by atoms with Crippen LogP contribution in [0.15, 0.2) is 81.0 Å². The third-order valence-electron chi connectivity index (χ3n) is 5.62. The molecule has 5 rings (SSSR count). The molecule has 0 spiro atoms. The number of rotatable bonds is 6. The second-order valence-electron chi connectivity index (χ2n) is 9.94. The van der Waals surface area contributed by atoms with E-state index in [9.17, 15) is 14.9 Å². The summed E-state index contributed by atoms with van der Waals surface area (Å²) in [6.45, 7) is 6.24. The number of nitrogens with zero attached hydrogens (tertiary/aromatic N) is 4. The summed E-state index contributed by atoms with van der Waals surface area (Å²) in [4.78, 5) is 29.3. The highest BCUT2D eigenvalue weighted by Gasteiger charge is 2.20. The smallest absolute Gasteiger partial charge is 0.311 e. The van der Waals surface area contributed by atoms with Crippen LogP contribution in [0.3, 0.4) is 0 Å². The van der Waals surface area contributed by atoms with Gasteiger partial charge < -0.3 is 9.15 Å². The molecule has 5 aromatic rings. The lowest BCUT2D eigenvalue weighted by atomic mass is 9.99. The minimum absolute atomic E-state index is 0.160. The number of fused-ring (bicyclic) bond motifs is 2. The lowest BCUT2D eigenvalue weighted by Gasteiger charge is -2.18. The van der Waals surface area contributed by atoms with Gasteiger partial charge in [-0.1, -0.05) is 44.5 Å². The molecule has 0 aliphatic heterocycles. The zero-order valence-corrected chi connectivity index (χ0v) is 21.6. The van der Waals surface area contributed by atoms with Gasteiger partial charge in [-0.15, -0.1) is 0 Å². The Morgan fingerprint density at radius 1 is 1.13 bits per heavy atom. The van der Waals surface area contributed by atoms with E-state index in [1.807, 2.05) is 20.8 Å². The number of halogens is 1. The van der Waals surface area contributed by atoms with Crippen LogP contribution < -0.4 is 10.3 Å². The maximum Gasteiger partial charge on any atom is 0.311 e. The first-order chi connectivity index (χ1) is 18.1. The molecule has 0 atom stereocenters. The van der Waals surface area contributed by atoms with E-state index in [0.29, 0.717) is 39.4 Å². The van der Waals surface area contributed by atoms with Crippen LogP contribution in [0.5, 0.6) is 5.75 Å². The van der Waals surface area contributed by atoms with E-state index in [0.717, 1.165) is 10.1 Å². The Morgan fingerprint density at radius 3 is 2.68 bits per heavy atom. The number of furan rings is 1. The summed E-state index contributed by atoms with van der Waals surface area (Å²) in [5, 5.41) is 17.7. The number of benzene rings is 3. The Balaban J connectivity index is 1.60. The molecule has 0 aliphatic rings. The lowest BCUT2D eigenvalue weighted by Crippen LogP contribution is -2.20. The summed E-state index contributed by atoms with van der Waals surface area (Å²) < 4.78 is 12.8. The maximum absolute atomic E-state index is 13.4. The van der Waals surface area contributed by atoms with Crippen LogP contribution in [-0.2, 0) is 0 Å². The molecule has 10 heteroatoms. The van der Waals surface area contributed by atoms with Gasteiger partial charge in [0.2, 0.25) is 5.82 Å². The van der Waals surface area contributed by atoms with E-state index in [4.69, 9.17) is 20.8 Å². The normalized spacial score (nSPS) is 12.0. The van der Waals surface area contributed by atoms with Crippen LogP contribution >= 0.6 is 11.6 Å². The van der Waals surface area contributed by atoms with Crippen molar-refractivity contribution < 1.29 is 14.1 Å². The van der Waals surface area contributed by atoms with Gasteiger partial charge in [0, 0.05) is 22.0 Å². The van der Waals surface area contributed by atoms with Gasteiger partial charge in [0.25, 0.3) is 5.56 Å². The van der Waals surface area contributed by atoms with Crippen LogP contribution in [0.1, 0.15) is 26.3 Å². The third-order valence-corrected chi connectivity index (χ3v) is 5.85. The molecule has 2 aromatic heterocycles. The summed E-state index contributed by atoms with van der Waals surface area (Å²) in [6.07, 6.45) is 1.36. The molecule has 9 nitrogen and oxygen atoms in total. The van der Waals surface area contributed by atoms with E-state index in [1.54, 1.807) is 54.6 Å². The molecule has 0 radical (unpaired) electrons. The number of hydrogen-bond donors (Lipinski definition) is 0. The van der Waals surface area contributed by atoms with Gasteiger partial charge >= 0.3 is 5.69 Å². The first-order valence-electron chi connectivity index (χ1n) is 11.8. The van der Waals surface area contributed by atoms with Crippen molar-refractivity contribution in [3.8, 4) is 17.3 Å². The zero-order valence-electron chi connectivity index (χ0n) is 20.8. The average Bonchev–Trinajstić information content (AvgIpc) is 3.29. The van der Waals surface area contributed by atoms with Crippen LogP contribution in [0.25, 0.3) is 33.5 Å². The Labute approximate surface area is 222 Å². The standard InChI is InChI=1S/C28H23ClN4O5/c1-28(2,3)16-37-24-10-8-17(12-22(24)33(35)36)15-30-32-26(31-21-7-5-4-6-20(21)27(32)34)25-14-18-13-19(29)9-11-23(18)38-25/h4-15H,16H2,1-3H3. The fraction of sp³-hybridized carbons (Fsp3) is 0.179. The predicted octanol–water partition coefficient (Wildman–Crippen LogP) is 6.68. The monoisotopic (exact) mass is 530 g/mol. The first kappa shape index (κ1) is 25.2. The fourth-order valence-corrected chi connectivity index (χ4v) is 3.99. The summed E-state index contributed by atoms with van der Waals surface area (Å²) in [5.41, 5.74) is 0.673.